The molecule has 2 aromatic carbocycles. The molecular formula is C26H24N6O4S. The number of ether oxygens (including phenoxy) is 2. The van der Waals surface area contributed by atoms with E-state index in [9.17, 15) is 9.59 Å². The highest BCUT2D eigenvalue weighted by Gasteiger charge is 2.32. The third-order valence-corrected chi connectivity index (χ3v) is 6.21. The average Bonchev–Trinajstić information content (AvgIpc) is 3.50. The van der Waals surface area contributed by atoms with Crippen molar-refractivity contribution in [2.45, 2.75) is 25.2 Å². The molecule has 2 aromatic heterocycles. The third-order valence-electron chi connectivity index (χ3n) is 5.65. The maximum Gasteiger partial charge on any atom is 0.435 e. The summed E-state index contributed by atoms with van der Waals surface area (Å²) in [6.45, 7) is 2.72. The average molecular weight is 517 g/mol. The van der Waals surface area contributed by atoms with Gasteiger partial charge in [0.2, 0.25) is 0 Å². The van der Waals surface area contributed by atoms with Crippen LogP contribution in [0.4, 0.5) is 16.4 Å². The lowest BCUT2D eigenvalue weighted by Crippen LogP contribution is -2.23. The van der Waals surface area contributed by atoms with Crippen molar-refractivity contribution in [2.75, 3.05) is 23.1 Å². The molecule has 4 aromatic rings. The number of thioether (sulfide) groups is 1. The topological polar surface area (TPSA) is 111 Å². The highest BCUT2D eigenvalue weighted by atomic mass is 32.2. The molecule has 0 atom stereocenters. The van der Waals surface area contributed by atoms with E-state index in [1.165, 1.54) is 16.4 Å². The standard InChI is InChI=1S/C26H24N6O4S/c1-3-35-26(34)32-21-16-31(22-12-13-27-25(28-22)37-2)15-20(21)23(30-32)29-24(33)17-8-7-11-19(14-17)36-18-9-5-4-6-10-18/h4-14H,3,15-16H2,1-2H3,(H,29,30,33). The smallest absolute Gasteiger partial charge is 0.435 e. The van der Waals surface area contributed by atoms with Crippen molar-refractivity contribution in [3.63, 3.8) is 0 Å². The van der Waals surface area contributed by atoms with Gasteiger partial charge in [-0.2, -0.15) is 4.68 Å². The van der Waals surface area contributed by atoms with Crippen LogP contribution >= 0.6 is 11.8 Å². The van der Waals surface area contributed by atoms with Gasteiger partial charge in [-0.15, -0.1) is 5.10 Å². The molecule has 0 unspecified atom stereocenters. The number of rotatable bonds is 7. The minimum Gasteiger partial charge on any atom is -0.457 e. The number of nitrogens with one attached hydrogen (secondary N) is 1. The van der Waals surface area contributed by atoms with Crippen molar-refractivity contribution < 1.29 is 19.1 Å². The molecule has 0 saturated heterocycles. The van der Waals surface area contributed by atoms with E-state index in [0.717, 1.165) is 5.56 Å². The summed E-state index contributed by atoms with van der Waals surface area (Å²) in [5.74, 6) is 1.83. The zero-order chi connectivity index (χ0) is 25.8. The molecule has 11 heteroatoms. The largest absolute Gasteiger partial charge is 0.457 e. The number of carbonyl (C=O) groups excluding carboxylic acids is 2. The van der Waals surface area contributed by atoms with Gasteiger partial charge < -0.3 is 19.7 Å². The van der Waals surface area contributed by atoms with Crippen LogP contribution < -0.4 is 15.0 Å². The van der Waals surface area contributed by atoms with Crippen LogP contribution in [0, 0.1) is 0 Å². The molecule has 1 aliphatic rings. The van der Waals surface area contributed by atoms with Crippen molar-refractivity contribution in [1.29, 1.82) is 0 Å². The van der Waals surface area contributed by atoms with E-state index in [1.54, 1.807) is 37.4 Å². The van der Waals surface area contributed by atoms with E-state index in [-0.39, 0.29) is 12.5 Å². The van der Waals surface area contributed by atoms with Gasteiger partial charge >= 0.3 is 6.09 Å². The van der Waals surface area contributed by atoms with Crippen LogP contribution in [0.15, 0.2) is 72.0 Å². The lowest BCUT2D eigenvalue weighted by molar-refractivity contribution is 0.102. The highest BCUT2D eigenvalue weighted by molar-refractivity contribution is 7.98. The van der Waals surface area contributed by atoms with Crippen LogP contribution in [0.5, 0.6) is 11.5 Å². The predicted octanol–water partition coefficient (Wildman–Crippen LogP) is 4.96. The van der Waals surface area contributed by atoms with Crippen LogP contribution in [-0.4, -0.2) is 44.6 Å². The molecule has 0 bridgehead atoms. The zero-order valence-electron chi connectivity index (χ0n) is 20.2. The Morgan fingerprint density at radius 2 is 1.86 bits per heavy atom. The van der Waals surface area contributed by atoms with Crippen molar-refractivity contribution in [3.8, 4) is 11.5 Å². The number of benzene rings is 2. The molecule has 1 aliphatic heterocycles. The van der Waals surface area contributed by atoms with Gasteiger partial charge in [-0.3, -0.25) is 4.79 Å². The van der Waals surface area contributed by atoms with E-state index in [4.69, 9.17) is 9.47 Å². The van der Waals surface area contributed by atoms with Crippen molar-refractivity contribution in [2.24, 2.45) is 0 Å². The summed E-state index contributed by atoms with van der Waals surface area (Å²) >= 11 is 1.45. The van der Waals surface area contributed by atoms with E-state index in [0.29, 0.717) is 52.6 Å². The SMILES string of the molecule is CCOC(=O)n1nc(NC(=O)c2cccc(Oc3ccccc3)c2)c2c1CN(c1ccnc(SC)n1)C2. The Morgan fingerprint density at radius 1 is 1.05 bits per heavy atom. The second kappa shape index (κ2) is 10.7. The van der Waals surface area contributed by atoms with Crippen molar-refractivity contribution >= 4 is 35.4 Å². The first-order chi connectivity index (χ1) is 18.1. The number of aromatic nitrogens is 4. The Morgan fingerprint density at radius 3 is 2.65 bits per heavy atom. The molecule has 1 N–H and O–H groups in total. The summed E-state index contributed by atoms with van der Waals surface area (Å²) < 4.78 is 12.3. The first-order valence-corrected chi connectivity index (χ1v) is 12.8. The Balaban J connectivity index is 1.40. The number of para-hydroxylation sites is 1. The molecular weight excluding hydrogens is 492 g/mol. The van der Waals surface area contributed by atoms with E-state index in [2.05, 4.69) is 20.4 Å². The number of nitrogens with zero attached hydrogens (tertiary/aromatic N) is 5. The number of fused-ring (bicyclic) bond motifs is 1. The third kappa shape index (κ3) is 5.26. The van der Waals surface area contributed by atoms with Gasteiger partial charge in [-0.05, 0) is 49.6 Å². The first-order valence-electron chi connectivity index (χ1n) is 11.6. The molecule has 0 radical (unpaired) electrons. The number of carbonyl (C=O) groups is 2. The molecule has 0 saturated carbocycles. The lowest BCUT2D eigenvalue weighted by atomic mass is 10.2. The summed E-state index contributed by atoms with van der Waals surface area (Å²) in [6, 6.07) is 18.0. The molecule has 0 fully saturated rings. The van der Waals surface area contributed by atoms with Gasteiger partial charge in [0.05, 0.1) is 25.4 Å². The van der Waals surface area contributed by atoms with Crippen LogP contribution in [-0.2, 0) is 17.8 Å². The predicted molar refractivity (Wildman–Crippen MR) is 139 cm³/mol. The second-order valence-electron chi connectivity index (χ2n) is 8.04. The normalized spacial score (nSPS) is 12.2. The summed E-state index contributed by atoms with van der Waals surface area (Å²) in [7, 11) is 0. The van der Waals surface area contributed by atoms with Crippen molar-refractivity contribution in [1.82, 2.24) is 19.7 Å². The molecule has 37 heavy (non-hydrogen) atoms. The maximum absolute atomic E-state index is 13.2. The molecule has 10 nitrogen and oxygen atoms in total. The minimum absolute atomic E-state index is 0.204. The van der Waals surface area contributed by atoms with Gasteiger partial charge in [0, 0.05) is 17.3 Å². The van der Waals surface area contributed by atoms with Crippen LogP contribution in [0.2, 0.25) is 0 Å². The monoisotopic (exact) mass is 516 g/mol. The maximum atomic E-state index is 13.2. The van der Waals surface area contributed by atoms with Gasteiger partial charge in [-0.25, -0.2) is 14.8 Å². The van der Waals surface area contributed by atoms with Crippen LogP contribution in [0.25, 0.3) is 0 Å². The minimum atomic E-state index is -0.605. The fourth-order valence-electron chi connectivity index (χ4n) is 3.95. The number of hydrogen-bond acceptors (Lipinski definition) is 9. The summed E-state index contributed by atoms with van der Waals surface area (Å²) in [5.41, 5.74) is 1.75. The van der Waals surface area contributed by atoms with Gasteiger partial charge in [0.25, 0.3) is 5.91 Å². The van der Waals surface area contributed by atoms with Gasteiger partial charge in [0.15, 0.2) is 11.0 Å². The summed E-state index contributed by atoms with van der Waals surface area (Å²) in [4.78, 5) is 36.6. The quantitative estimate of drug-likeness (QED) is 0.269. The number of hydrogen-bond donors (Lipinski definition) is 1. The van der Waals surface area contributed by atoms with E-state index >= 15 is 0 Å². The van der Waals surface area contributed by atoms with E-state index in [1.807, 2.05) is 47.6 Å². The highest BCUT2D eigenvalue weighted by Crippen LogP contribution is 2.33. The van der Waals surface area contributed by atoms with Gasteiger partial charge in [0.1, 0.15) is 17.3 Å². The Kier molecular flexibility index (Phi) is 7.04. The molecule has 1 amide bonds. The molecule has 0 aliphatic carbocycles. The van der Waals surface area contributed by atoms with Crippen LogP contribution in [0.1, 0.15) is 28.5 Å². The molecule has 0 spiro atoms. The Hall–Kier alpha value is -4.38. The number of anilines is 2. The zero-order valence-corrected chi connectivity index (χ0v) is 21.1. The lowest BCUT2D eigenvalue weighted by Gasteiger charge is -2.17. The second-order valence-corrected chi connectivity index (χ2v) is 8.81. The van der Waals surface area contributed by atoms with Crippen molar-refractivity contribution in [3.05, 3.63) is 83.7 Å². The van der Waals surface area contributed by atoms with E-state index < -0.39 is 6.09 Å². The number of amides is 1. The van der Waals surface area contributed by atoms with Gasteiger partial charge in [-0.1, -0.05) is 36.0 Å². The molecule has 5 rings (SSSR count). The fourth-order valence-corrected chi connectivity index (χ4v) is 4.30. The first kappa shape index (κ1) is 24.3. The summed E-state index contributed by atoms with van der Waals surface area (Å²) in [6.07, 6.45) is 3.00. The Labute approximate surface area is 217 Å². The molecule has 188 valence electrons. The summed E-state index contributed by atoms with van der Waals surface area (Å²) in [5, 5.41) is 7.89. The Bertz CT molecular complexity index is 1440. The fraction of sp³-hybridized carbons (Fsp3) is 0.192. The molecule has 3 heterocycles. The van der Waals surface area contributed by atoms with Crippen LogP contribution in [0.3, 0.4) is 0 Å².